The molecule has 0 unspecified atom stereocenters. The van der Waals surface area contributed by atoms with E-state index in [1.165, 1.54) is 0 Å². The highest BCUT2D eigenvalue weighted by atomic mass is 32.2. The van der Waals surface area contributed by atoms with Gasteiger partial charge in [0.15, 0.2) is 0 Å². The number of hydrogen-bond donors (Lipinski definition) is 2. The Labute approximate surface area is 83.8 Å². The molecule has 0 aromatic rings. The van der Waals surface area contributed by atoms with Crippen LogP contribution in [0.4, 0.5) is 0 Å². The second-order valence-electron chi connectivity index (χ2n) is 3.32. The zero-order valence-electron chi connectivity index (χ0n) is 7.92. The van der Waals surface area contributed by atoms with Crippen molar-refractivity contribution in [2.24, 2.45) is 11.7 Å². The lowest BCUT2D eigenvalue weighted by Gasteiger charge is -2.20. The summed E-state index contributed by atoms with van der Waals surface area (Å²) in [6, 6.07) is 0. The van der Waals surface area contributed by atoms with Gasteiger partial charge in [-0.15, -0.1) is 0 Å². The van der Waals surface area contributed by atoms with Gasteiger partial charge in [0.2, 0.25) is 5.91 Å². The zero-order chi connectivity index (χ0) is 9.52. The van der Waals surface area contributed by atoms with Crippen molar-refractivity contribution in [3.05, 3.63) is 0 Å². The van der Waals surface area contributed by atoms with Gasteiger partial charge in [-0.25, -0.2) is 0 Å². The van der Waals surface area contributed by atoms with Crippen LogP contribution >= 0.6 is 11.8 Å². The number of carbonyl (C=O) groups excluding carboxylic acids is 1. The van der Waals surface area contributed by atoms with E-state index in [1.807, 2.05) is 11.8 Å². The Kier molecular flexibility index (Phi) is 5.23. The van der Waals surface area contributed by atoms with Crippen LogP contribution in [0.15, 0.2) is 0 Å². The van der Waals surface area contributed by atoms with Crippen LogP contribution in [0.2, 0.25) is 0 Å². The Bertz CT molecular complexity index is 158. The summed E-state index contributed by atoms with van der Waals surface area (Å²) in [6.45, 7) is 1.39. The van der Waals surface area contributed by atoms with E-state index >= 15 is 0 Å². The monoisotopic (exact) mass is 202 g/mol. The zero-order valence-corrected chi connectivity index (χ0v) is 8.74. The molecule has 1 rings (SSSR count). The molecule has 1 aliphatic heterocycles. The van der Waals surface area contributed by atoms with Gasteiger partial charge in [-0.3, -0.25) is 4.79 Å². The minimum atomic E-state index is 0.230. The maximum absolute atomic E-state index is 11.5. The summed E-state index contributed by atoms with van der Waals surface area (Å²) >= 11 is 1.94. The van der Waals surface area contributed by atoms with Crippen LogP contribution in [0, 0.1) is 5.92 Å². The highest BCUT2D eigenvalue weighted by molar-refractivity contribution is 7.99. The number of hydrogen-bond acceptors (Lipinski definition) is 3. The minimum Gasteiger partial charge on any atom is -0.356 e. The van der Waals surface area contributed by atoms with Crippen LogP contribution in [0.1, 0.15) is 19.3 Å². The molecule has 13 heavy (non-hydrogen) atoms. The smallest absolute Gasteiger partial charge is 0.223 e. The van der Waals surface area contributed by atoms with E-state index in [0.29, 0.717) is 6.54 Å². The summed E-state index contributed by atoms with van der Waals surface area (Å²) in [4.78, 5) is 11.5. The van der Waals surface area contributed by atoms with Gasteiger partial charge in [0.1, 0.15) is 0 Å². The van der Waals surface area contributed by atoms with E-state index in [0.717, 1.165) is 37.3 Å². The summed E-state index contributed by atoms with van der Waals surface area (Å²) in [5, 5.41) is 2.93. The van der Waals surface area contributed by atoms with Crippen molar-refractivity contribution in [3.8, 4) is 0 Å². The number of nitrogens with one attached hydrogen (secondary N) is 1. The van der Waals surface area contributed by atoms with Crippen LogP contribution in [0.3, 0.4) is 0 Å². The average Bonchev–Trinajstić information content (AvgIpc) is 2.19. The van der Waals surface area contributed by atoms with E-state index in [-0.39, 0.29) is 11.8 Å². The lowest BCUT2D eigenvalue weighted by atomic mass is 10.0. The molecule has 0 atom stereocenters. The summed E-state index contributed by atoms with van der Waals surface area (Å²) < 4.78 is 0. The quantitative estimate of drug-likeness (QED) is 0.656. The van der Waals surface area contributed by atoms with E-state index < -0.39 is 0 Å². The summed E-state index contributed by atoms with van der Waals surface area (Å²) in [5.41, 5.74) is 5.34. The Hall–Kier alpha value is -0.220. The first-order valence-corrected chi connectivity index (χ1v) is 6.05. The van der Waals surface area contributed by atoms with Gasteiger partial charge in [0.05, 0.1) is 0 Å². The molecule has 0 bridgehead atoms. The van der Waals surface area contributed by atoms with E-state index in [2.05, 4.69) is 5.32 Å². The van der Waals surface area contributed by atoms with E-state index in [4.69, 9.17) is 5.73 Å². The van der Waals surface area contributed by atoms with Gasteiger partial charge in [-0.2, -0.15) is 11.8 Å². The molecule has 1 heterocycles. The van der Waals surface area contributed by atoms with Crippen LogP contribution in [0.25, 0.3) is 0 Å². The average molecular weight is 202 g/mol. The van der Waals surface area contributed by atoms with Crippen molar-refractivity contribution in [1.82, 2.24) is 5.32 Å². The van der Waals surface area contributed by atoms with Gasteiger partial charge < -0.3 is 11.1 Å². The number of thioether (sulfide) groups is 1. The van der Waals surface area contributed by atoms with Gasteiger partial charge >= 0.3 is 0 Å². The van der Waals surface area contributed by atoms with Crippen LogP contribution in [-0.2, 0) is 4.79 Å². The normalized spacial score (nSPS) is 18.5. The number of nitrogens with two attached hydrogens (primary N) is 1. The van der Waals surface area contributed by atoms with Crippen molar-refractivity contribution in [3.63, 3.8) is 0 Å². The van der Waals surface area contributed by atoms with Crippen molar-refractivity contribution in [2.75, 3.05) is 24.6 Å². The van der Waals surface area contributed by atoms with Crippen molar-refractivity contribution in [1.29, 1.82) is 0 Å². The molecule has 1 saturated heterocycles. The molecule has 1 fully saturated rings. The first-order chi connectivity index (χ1) is 6.34. The third-order valence-electron chi connectivity index (χ3n) is 2.27. The van der Waals surface area contributed by atoms with Crippen LogP contribution in [0.5, 0.6) is 0 Å². The van der Waals surface area contributed by atoms with Gasteiger partial charge in [0.25, 0.3) is 0 Å². The number of amides is 1. The lowest BCUT2D eigenvalue weighted by Crippen LogP contribution is -2.34. The second-order valence-corrected chi connectivity index (χ2v) is 4.54. The highest BCUT2D eigenvalue weighted by Crippen LogP contribution is 2.22. The largest absolute Gasteiger partial charge is 0.356 e. The molecular formula is C9H18N2OS. The first-order valence-electron chi connectivity index (χ1n) is 4.90. The first kappa shape index (κ1) is 10.9. The van der Waals surface area contributed by atoms with Gasteiger partial charge in [-0.05, 0) is 37.3 Å². The Balaban J connectivity index is 2.13. The summed E-state index contributed by atoms with van der Waals surface area (Å²) in [6.07, 6.45) is 2.96. The fourth-order valence-corrected chi connectivity index (χ4v) is 2.52. The fourth-order valence-electron chi connectivity index (χ4n) is 1.42. The molecule has 76 valence electrons. The highest BCUT2D eigenvalue weighted by Gasteiger charge is 2.20. The van der Waals surface area contributed by atoms with Crippen LogP contribution in [-0.4, -0.2) is 30.5 Å². The van der Waals surface area contributed by atoms with Gasteiger partial charge in [-0.1, -0.05) is 0 Å². The Morgan fingerprint density at radius 3 is 2.77 bits per heavy atom. The predicted molar refractivity (Wildman–Crippen MR) is 56.7 cm³/mol. The number of rotatable bonds is 4. The molecule has 0 aromatic carbocycles. The Morgan fingerprint density at radius 1 is 1.46 bits per heavy atom. The van der Waals surface area contributed by atoms with Crippen molar-refractivity contribution < 1.29 is 4.79 Å². The Morgan fingerprint density at radius 2 is 2.15 bits per heavy atom. The standard InChI is InChI=1S/C9H18N2OS/c10-4-1-5-11-9(12)8-2-6-13-7-3-8/h8H,1-7,10H2,(H,11,12). The predicted octanol–water partition coefficient (Wildman–Crippen LogP) is 0.595. The molecule has 0 spiro atoms. The second kappa shape index (κ2) is 6.27. The SMILES string of the molecule is NCCCNC(=O)C1CCSCC1. The van der Waals surface area contributed by atoms with E-state index in [1.54, 1.807) is 0 Å². The van der Waals surface area contributed by atoms with Gasteiger partial charge in [0, 0.05) is 12.5 Å². The molecule has 0 saturated carbocycles. The molecule has 1 aliphatic rings. The molecule has 3 N–H and O–H groups in total. The molecule has 1 amide bonds. The summed E-state index contributed by atoms with van der Waals surface area (Å²) in [7, 11) is 0. The third-order valence-corrected chi connectivity index (χ3v) is 3.32. The molecule has 0 aliphatic carbocycles. The third kappa shape index (κ3) is 4.00. The molecule has 0 aromatic heterocycles. The number of carbonyl (C=O) groups is 1. The van der Waals surface area contributed by atoms with Crippen molar-refractivity contribution in [2.45, 2.75) is 19.3 Å². The maximum Gasteiger partial charge on any atom is 0.223 e. The van der Waals surface area contributed by atoms with Crippen molar-refractivity contribution >= 4 is 17.7 Å². The minimum absolute atomic E-state index is 0.230. The fraction of sp³-hybridized carbons (Fsp3) is 0.889. The lowest BCUT2D eigenvalue weighted by molar-refractivity contribution is -0.125. The maximum atomic E-state index is 11.5. The summed E-state index contributed by atoms with van der Waals surface area (Å²) in [5.74, 6) is 2.76. The molecular weight excluding hydrogens is 184 g/mol. The van der Waals surface area contributed by atoms with E-state index in [9.17, 15) is 4.79 Å². The van der Waals surface area contributed by atoms with Crippen LogP contribution < -0.4 is 11.1 Å². The topological polar surface area (TPSA) is 55.1 Å². The molecule has 3 nitrogen and oxygen atoms in total. The molecule has 4 heteroatoms. The molecule has 0 radical (unpaired) electrons.